The standard InChI is InChI=1S/C32H42N8O4/c1-21-7-9-23(17-24(21)25-10-8-22(18-34-25)19-38-13-15-44-16-14-38)35-30(43)36-26-20-40(31(2,3)4)37-27(26)28(41)39-12-11-33-29(42)32(39,5)6/h7-10,17-18,20H,11-16,19H2,1-6H3,(H,33,42)(H2,35,36,43). The Labute approximate surface area is 258 Å². The monoisotopic (exact) mass is 602 g/mol. The Bertz CT molecular complexity index is 1530. The maximum atomic E-state index is 13.7. The number of carbonyl (C=O) groups excluding carboxylic acids is 3. The fraction of sp³-hybridized carbons (Fsp3) is 0.469. The van der Waals surface area contributed by atoms with Crippen molar-refractivity contribution < 1.29 is 19.1 Å². The molecule has 0 atom stereocenters. The van der Waals surface area contributed by atoms with Gasteiger partial charge >= 0.3 is 6.03 Å². The normalized spacial score (nSPS) is 17.2. The number of ether oxygens (including phenoxy) is 1. The number of piperazine rings is 1. The number of pyridine rings is 1. The first-order chi connectivity index (χ1) is 20.8. The fourth-order valence-electron chi connectivity index (χ4n) is 5.31. The van der Waals surface area contributed by atoms with Crippen LogP contribution in [0.15, 0.2) is 42.7 Å². The summed E-state index contributed by atoms with van der Waals surface area (Å²) in [5.74, 6) is -0.667. The van der Waals surface area contributed by atoms with Crippen LogP contribution in [0.5, 0.6) is 0 Å². The lowest BCUT2D eigenvalue weighted by Crippen LogP contribution is -2.63. The highest BCUT2D eigenvalue weighted by Gasteiger charge is 2.42. The maximum absolute atomic E-state index is 13.7. The van der Waals surface area contributed by atoms with E-state index in [1.54, 1.807) is 24.7 Å². The molecule has 2 fully saturated rings. The number of benzene rings is 1. The van der Waals surface area contributed by atoms with Crippen LogP contribution < -0.4 is 16.0 Å². The molecule has 3 N–H and O–H groups in total. The number of aryl methyl sites for hydroxylation is 1. The summed E-state index contributed by atoms with van der Waals surface area (Å²) in [5.41, 5.74) is 3.27. The zero-order valence-corrected chi connectivity index (χ0v) is 26.4. The molecule has 4 amide bonds. The molecule has 1 aromatic carbocycles. The van der Waals surface area contributed by atoms with E-state index in [1.165, 1.54) is 4.90 Å². The summed E-state index contributed by atoms with van der Waals surface area (Å²) in [6.07, 6.45) is 3.54. The summed E-state index contributed by atoms with van der Waals surface area (Å²) in [7, 11) is 0. The van der Waals surface area contributed by atoms with Gasteiger partial charge < -0.3 is 25.6 Å². The number of carbonyl (C=O) groups is 3. The molecule has 5 rings (SSSR count). The van der Waals surface area contributed by atoms with Crippen molar-refractivity contribution in [2.45, 2.75) is 59.2 Å². The number of nitrogens with zero attached hydrogens (tertiary/aromatic N) is 5. The number of anilines is 2. The van der Waals surface area contributed by atoms with E-state index in [0.717, 1.165) is 55.2 Å². The lowest BCUT2D eigenvalue weighted by molar-refractivity contribution is -0.133. The van der Waals surface area contributed by atoms with Gasteiger partial charge in [-0.25, -0.2) is 4.79 Å². The van der Waals surface area contributed by atoms with E-state index in [4.69, 9.17) is 9.72 Å². The van der Waals surface area contributed by atoms with Crippen molar-refractivity contribution >= 4 is 29.2 Å². The zero-order valence-electron chi connectivity index (χ0n) is 26.4. The molecule has 0 spiro atoms. The molecule has 12 heteroatoms. The van der Waals surface area contributed by atoms with Gasteiger partial charge in [-0.05, 0) is 70.9 Å². The van der Waals surface area contributed by atoms with Crippen molar-refractivity contribution in [1.82, 2.24) is 29.9 Å². The first-order valence-corrected chi connectivity index (χ1v) is 15.0. The predicted molar refractivity (Wildman–Crippen MR) is 168 cm³/mol. The number of amides is 4. The van der Waals surface area contributed by atoms with E-state index in [2.05, 4.69) is 32.0 Å². The van der Waals surface area contributed by atoms with Crippen molar-refractivity contribution in [3.8, 4) is 11.3 Å². The van der Waals surface area contributed by atoms with Crippen LogP contribution in [0.4, 0.5) is 16.2 Å². The van der Waals surface area contributed by atoms with Gasteiger partial charge in [0.2, 0.25) is 5.91 Å². The summed E-state index contributed by atoms with van der Waals surface area (Å²) in [5, 5.41) is 13.1. The third-order valence-electron chi connectivity index (χ3n) is 8.05. The summed E-state index contributed by atoms with van der Waals surface area (Å²) in [6.45, 7) is 16.1. The fourth-order valence-corrected chi connectivity index (χ4v) is 5.31. The minimum Gasteiger partial charge on any atom is -0.379 e. The van der Waals surface area contributed by atoms with Crippen molar-refractivity contribution in [1.29, 1.82) is 0 Å². The molecule has 234 valence electrons. The van der Waals surface area contributed by atoms with E-state index in [0.29, 0.717) is 18.8 Å². The highest BCUT2D eigenvalue weighted by molar-refractivity contribution is 6.07. The number of nitrogens with one attached hydrogen (secondary N) is 3. The Hall–Kier alpha value is -4.29. The van der Waals surface area contributed by atoms with Gasteiger partial charge in [0.15, 0.2) is 5.69 Å². The minimum atomic E-state index is -1.06. The second-order valence-electron chi connectivity index (χ2n) is 12.8. The van der Waals surface area contributed by atoms with Gasteiger partial charge in [-0.3, -0.25) is 24.2 Å². The molecule has 12 nitrogen and oxygen atoms in total. The maximum Gasteiger partial charge on any atom is 0.323 e. The molecule has 3 aromatic rings. The summed E-state index contributed by atoms with van der Waals surface area (Å²) in [4.78, 5) is 48.1. The Kier molecular flexibility index (Phi) is 8.76. The molecule has 0 unspecified atom stereocenters. The number of hydrogen-bond donors (Lipinski definition) is 3. The minimum absolute atomic E-state index is 0.0730. The predicted octanol–water partition coefficient (Wildman–Crippen LogP) is 3.84. The van der Waals surface area contributed by atoms with E-state index in [9.17, 15) is 14.4 Å². The number of morpholine rings is 1. The molecule has 0 bridgehead atoms. The Morgan fingerprint density at radius 1 is 1.07 bits per heavy atom. The number of urea groups is 1. The molecular weight excluding hydrogens is 560 g/mol. The summed E-state index contributed by atoms with van der Waals surface area (Å²) >= 11 is 0. The molecule has 2 aromatic heterocycles. The van der Waals surface area contributed by atoms with Gasteiger partial charge in [0.25, 0.3) is 5.91 Å². The molecule has 0 saturated carbocycles. The van der Waals surface area contributed by atoms with Gasteiger partial charge in [0.1, 0.15) is 5.54 Å². The first-order valence-electron chi connectivity index (χ1n) is 15.0. The van der Waals surface area contributed by atoms with Crippen LogP contribution in [0.2, 0.25) is 0 Å². The summed E-state index contributed by atoms with van der Waals surface area (Å²) < 4.78 is 7.08. The summed E-state index contributed by atoms with van der Waals surface area (Å²) in [6, 6.07) is 9.21. The molecule has 2 aliphatic heterocycles. The lowest BCUT2D eigenvalue weighted by atomic mass is 9.98. The lowest BCUT2D eigenvalue weighted by Gasteiger charge is -2.40. The number of rotatable bonds is 6. The second kappa shape index (κ2) is 12.4. The van der Waals surface area contributed by atoms with Gasteiger partial charge in [-0.1, -0.05) is 12.1 Å². The molecule has 44 heavy (non-hydrogen) atoms. The number of aromatic nitrogens is 3. The van der Waals surface area contributed by atoms with Crippen LogP contribution in [0.1, 0.15) is 56.2 Å². The van der Waals surface area contributed by atoms with Crippen molar-refractivity contribution in [3.05, 3.63) is 59.5 Å². The zero-order chi connectivity index (χ0) is 31.6. The molecule has 0 radical (unpaired) electrons. The quantitative estimate of drug-likeness (QED) is 0.391. The third kappa shape index (κ3) is 6.76. The van der Waals surface area contributed by atoms with E-state index in [-0.39, 0.29) is 17.3 Å². The van der Waals surface area contributed by atoms with Crippen LogP contribution in [0, 0.1) is 6.92 Å². The van der Waals surface area contributed by atoms with Crippen LogP contribution in [-0.2, 0) is 21.6 Å². The molecule has 2 saturated heterocycles. The highest BCUT2D eigenvalue weighted by atomic mass is 16.5. The Morgan fingerprint density at radius 2 is 1.82 bits per heavy atom. The van der Waals surface area contributed by atoms with E-state index in [1.807, 2.05) is 58.2 Å². The van der Waals surface area contributed by atoms with Crippen molar-refractivity contribution in [2.75, 3.05) is 50.0 Å². The van der Waals surface area contributed by atoms with Gasteiger partial charge in [0.05, 0.1) is 36.3 Å². The van der Waals surface area contributed by atoms with Gasteiger partial charge in [0, 0.05) is 50.2 Å². The smallest absolute Gasteiger partial charge is 0.323 e. The van der Waals surface area contributed by atoms with Crippen LogP contribution in [-0.4, -0.2) is 87.3 Å². The Balaban J connectivity index is 1.33. The molecule has 2 aliphatic rings. The Morgan fingerprint density at radius 3 is 2.50 bits per heavy atom. The third-order valence-corrected chi connectivity index (χ3v) is 8.05. The molecular formula is C32H42N8O4. The van der Waals surface area contributed by atoms with Crippen molar-refractivity contribution in [3.63, 3.8) is 0 Å². The average molecular weight is 603 g/mol. The largest absolute Gasteiger partial charge is 0.379 e. The van der Waals surface area contributed by atoms with Crippen molar-refractivity contribution in [2.24, 2.45) is 0 Å². The SMILES string of the molecule is Cc1ccc(NC(=O)Nc2cn(C(C)(C)C)nc2C(=O)N2CCNC(=O)C2(C)C)cc1-c1ccc(CN2CCOCC2)cn1. The average Bonchev–Trinajstić information content (AvgIpc) is 3.40. The van der Waals surface area contributed by atoms with Gasteiger partial charge in [-0.15, -0.1) is 0 Å². The first kappa shape index (κ1) is 31.1. The van der Waals surface area contributed by atoms with E-state index < -0.39 is 23.0 Å². The second-order valence-corrected chi connectivity index (χ2v) is 12.8. The molecule has 0 aliphatic carbocycles. The molecule has 4 heterocycles. The highest BCUT2D eigenvalue weighted by Crippen LogP contribution is 2.28. The topological polar surface area (TPSA) is 134 Å². The van der Waals surface area contributed by atoms with E-state index >= 15 is 0 Å². The number of hydrogen-bond acceptors (Lipinski definition) is 7. The van der Waals surface area contributed by atoms with Crippen LogP contribution >= 0.6 is 0 Å². The van der Waals surface area contributed by atoms with Crippen LogP contribution in [0.25, 0.3) is 11.3 Å². The van der Waals surface area contributed by atoms with Gasteiger partial charge in [-0.2, -0.15) is 5.10 Å². The van der Waals surface area contributed by atoms with Crippen LogP contribution in [0.3, 0.4) is 0 Å².